The SMILES string of the molecule is CC(=O)N(CCC(C)C)CC(=O)Nc1ccc(C(C)(C)C)cc1. The Morgan fingerprint density at radius 3 is 2.13 bits per heavy atom. The molecular weight excluding hydrogens is 288 g/mol. The summed E-state index contributed by atoms with van der Waals surface area (Å²) in [6, 6.07) is 7.86. The van der Waals surface area contributed by atoms with Gasteiger partial charge < -0.3 is 10.2 Å². The number of carbonyl (C=O) groups is 2. The second-order valence-electron chi connectivity index (χ2n) is 7.50. The van der Waals surface area contributed by atoms with Gasteiger partial charge >= 0.3 is 0 Å². The molecule has 1 rings (SSSR count). The zero-order chi connectivity index (χ0) is 17.6. The van der Waals surface area contributed by atoms with Crippen LogP contribution in [0.25, 0.3) is 0 Å². The number of nitrogens with one attached hydrogen (secondary N) is 1. The van der Waals surface area contributed by atoms with Gasteiger partial charge in [0.15, 0.2) is 0 Å². The highest BCUT2D eigenvalue weighted by Gasteiger charge is 2.15. The van der Waals surface area contributed by atoms with E-state index in [4.69, 9.17) is 0 Å². The Balaban J connectivity index is 2.62. The standard InChI is InChI=1S/C19H30N2O2/c1-14(2)11-12-21(15(3)22)13-18(23)20-17-9-7-16(8-10-17)19(4,5)6/h7-10,14H,11-13H2,1-6H3,(H,20,23). The van der Waals surface area contributed by atoms with Gasteiger partial charge in [-0.25, -0.2) is 0 Å². The van der Waals surface area contributed by atoms with Gasteiger partial charge in [-0.05, 0) is 35.4 Å². The molecule has 0 radical (unpaired) electrons. The molecular formula is C19H30N2O2. The number of anilines is 1. The molecule has 0 aromatic heterocycles. The van der Waals surface area contributed by atoms with E-state index in [0.717, 1.165) is 12.1 Å². The molecule has 0 saturated carbocycles. The van der Waals surface area contributed by atoms with Crippen molar-refractivity contribution in [1.82, 2.24) is 4.90 Å². The number of rotatable bonds is 6. The lowest BCUT2D eigenvalue weighted by molar-refractivity contribution is -0.132. The molecule has 23 heavy (non-hydrogen) atoms. The minimum Gasteiger partial charge on any atom is -0.334 e. The van der Waals surface area contributed by atoms with Crippen LogP contribution in [-0.2, 0) is 15.0 Å². The number of benzene rings is 1. The topological polar surface area (TPSA) is 49.4 Å². The maximum atomic E-state index is 12.1. The third kappa shape index (κ3) is 6.85. The first kappa shape index (κ1) is 19.2. The maximum Gasteiger partial charge on any atom is 0.243 e. The van der Waals surface area contributed by atoms with Crippen LogP contribution in [0, 0.1) is 5.92 Å². The Labute approximate surface area is 140 Å². The van der Waals surface area contributed by atoms with Gasteiger partial charge in [0.2, 0.25) is 11.8 Å². The lowest BCUT2D eigenvalue weighted by Gasteiger charge is -2.22. The molecule has 1 aromatic rings. The van der Waals surface area contributed by atoms with Crippen molar-refractivity contribution >= 4 is 17.5 Å². The van der Waals surface area contributed by atoms with E-state index in [-0.39, 0.29) is 23.8 Å². The van der Waals surface area contributed by atoms with E-state index in [1.807, 2.05) is 24.3 Å². The first-order valence-corrected chi connectivity index (χ1v) is 8.25. The van der Waals surface area contributed by atoms with E-state index in [2.05, 4.69) is 39.9 Å². The van der Waals surface area contributed by atoms with Crippen molar-refractivity contribution in [1.29, 1.82) is 0 Å². The molecule has 128 valence electrons. The van der Waals surface area contributed by atoms with Gasteiger partial charge in [-0.1, -0.05) is 46.8 Å². The van der Waals surface area contributed by atoms with Gasteiger partial charge in [-0.15, -0.1) is 0 Å². The molecule has 2 amide bonds. The lowest BCUT2D eigenvalue weighted by atomic mass is 9.87. The first-order chi connectivity index (χ1) is 10.6. The average molecular weight is 318 g/mol. The van der Waals surface area contributed by atoms with E-state index in [1.165, 1.54) is 12.5 Å². The van der Waals surface area contributed by atoms with Crippen LogP contribution in [-0.4, -0.2) is 29.8 Å². The molecule has 0 spiro atoms. The Morgan fingerprint density at radius 2 is 1.70 bits per heavy atom. The van der Waals surface area contributed by atoms with Gasteiger partial charge in [0, 0.05) is 19.2 Å². The van der Waals surface area contributed by atoms with E-state index in [0.29, 0.717) is 12.5 Å². The van der Waals surface area contributed by atoms with Crippen molar-refractivity contribution in [3.05, 3.63) is 29.8 Å². The normalized spacial score (nSPS) is 11.4. The Kier molecular flexibility index (Phi) is 6.79. The third-order valence-electron chi connectivity index (χ3n) is 3.79. The van der Waals surface area contributed by atoms with Crippen LogP contribution >= 0.6 is 0 Å². The van der Waals surface area contributed by atoms with Crippen molar-refractivity contribution in [3.8, 4) is 0 Å². The average Bonchev–Trinajstić information content (AvgIpc) is 2.42. The zero-order valence-electron chi connectivity index (χ0n) is 15.3. The molecule has 0 saturated heterocycles. The smallest absolute Gasteiger partial charge is 0.243 e. The van der Waals surface area contributed by atoms with Crippen molar-refractivity contribution < 1.29 is 9.59 Å². The monoisotopic (exact) mass is 318 g/mol. The van der Waals surface area contributed by atoms with Crippen molar-refractivity contribution in [3.63, 3.8) is 0 Å². The summed E-state index contributed by atoms with van der Waals surface area (Å²) in [6.45, 7) is 12.9. The molecule has 0 bridgehead atoms. The summed E-state index contributed by atoms with van der Waals surface area (Å²) >= 11 is 0. The van der Waals surface area contributed by atoms with Crippen LogP contribution in [0.1, 0.15) is 53.5 Å². The predicted molar refractivity (Wildman–Crippen MR) is 95.5 cm³/mol. The van der Waals surface area contributed by atoms with Crippen molar-refractivity contribution in [2.45, 2.75) is 53.4 Å². The summed E-state index contributed by atoms with van der Waals surface area (Å²) in [5, 5.41) is 2.86. The van der Waals surface area contributed by atoms with Crippen LogP contribution in [0.5, 0.6) is 0 Å². The second kappa shape index (κ2) is 8.14. The fourth-order valence-corrected chi connectivity index (χ4v) is 2.19. The summed E-state index contributed by atoms with van der Waals surface area (Å²) in [4.78, 5) is 25.4. The molecule has 4 heteroatoms. The quantitative estimate of drug-likeness (QED) is 0.867. The van der Waals surface area contributed by atoms with Gasteiger partial charge in [0.1, 0.15) is 0 Å². The maximum absolute atomic E-state index is 12.1. The number of hydrogen-bond acceptors (Lipinski definition) is 2. The Hall–Kier alpha value is -1.84. The van der Waals surface area contributed by atoms with E-state index in [1.54, 1.807) is 4.90 Å². The second-order valence-corrected chi connectivity index (χ2v) is 7.50. The summed E-state index contributed by atoms with van der Waals surface area (Å²) in [6.07, 6.45) is 0.896. The van der Waals surface area contributed by atoms with Gasteiger partial charge in [0.25, 0.3) is 0 Å². The minimum atomic E-state index is -0.160. The Bertz CT molecular complexity index is 527. The molecule has 1 aromatic carbocycles. The molecule has 0 atom stereocenters. The number of nitrogens with zero attached hydrogens (tertiary/aromatic N) is 1. The van der Waals surface area contributed by atoms with Crippen molar-refractivity contribution in [2.75, 3.05) is 18.4 Å². The van der Waals surface area contributed by atoms with E-state index < -0.39 is 0 Å². The van der Waals surface area contributed by atoms with Gasteiger partial charge in [-0.3, -0.25) is 9.59 Å². The van der Waals surface area contributed by atoms with Crippen LogP contribution in [0.3, 0.4) is 0 Å². The largest absolute Gasteiger partial charge is 0.334 e. The van der Waals surface area contributed by atoms with Crippen LogP contribution in [0.4, 0.5) is 5.69 Å². The Morgan fingerprint density at radius 1 is 1.13 bits per heavy atom. The molecule has 1 N–H and O–H groups in total. The molecule has 0 heterocycles. The first-order valence-electron chi connectivity index (χ1n) is 8.25. The highest BCUT2D eigenvalue weighted by atomic mass is 16.2. The summed E-state index contributed by atoms with van der Waals surface area (Å²) in [5.74, 6) is 0.279. The van der Waals surface area contributed by atoms with Gasteiger partial charge in [-0.2, -0.15) is 0 Å². The summed E-state index contributed by atoms with van der Waals surface area (Å²) in [7, 11) is 0. The lowest BCUT2D eigenvalue weighted by Crippen LogP contribution is -2.37. The third-order valence-corrected chi connectivity index (χ3v) is 3.79. The zero-order valence-corrected chi connectivity index (χ0v) is 15.3. The highest BCUT2D eigenvalue weighted by molar-refractivity contribution is 5.94. The van der Waals surface area contributed by atoms with Crippen molar-refractivity contribution in [2.24, 2.45) is 5.92 Å². The summed E-state index contributed by atoms with van der Waals surface area (Å²) in [5.41, 5.74) is 2.07. The summed E-state index contributed by atoms with van der Waals surface area (Å²) < 4.78 is 0. The fraction of sp³-hybridized carbons (Fsp3) is 0.579. The highest BCUT2D eigenvalue weighted by Crippen LogP contribution is 2.23. The predicted octanol–water partition coefficient (Wildman–Crippen LogP) is 3.82. The van der Waals surface area contributed by atoms with E-state index >= 15 is 0 Å². The molecule has 0 aliphatic carbocycles. The van der Waals surface area contributed by atoms with Crippen LogP contribution in [0.2, 0.25) is 0 Å². The molecule has 4 nitrogen and oxygen atoms in total. The number of hydrogen-bond donors (Lipinski definition) is 1. The fourth-order valence-electron chi connectivity index (χ4n) is 2.19. The number of carbonyl (C=O) groups excluding carboxylic acids is 2. The number of amides is 2. The molecule has 0 fully saturated rings. The van der Waals surface area contributed by atoms with Gasteiger partial charge in [0.05, 0.1) is 6.54 Å². The molecule has 0 unspecified atom stereocenters. The molecule has 0 aliphatic heterocycles. The molecule has 0 aliphatic rings. The van der Waals surface area contributed by atoms with Crippen LogP contribution in [0.15, 0.2) is 24.3 Å². The van der Waals surface area contributed by atoms with Crippen LogP contribution < -0.4 is 5.32 Å². The van der Waals surface area contributed by atoms with E-state index in [9.17, 15) is 9.59 Å². The minimum absolute atomic E-state index is 0.0659.